The van der Waals surface area contributed by atoms with Crippen molar-refractivity contribution >= 4 is 11.8 Å². The Kier molecular flexibility index (Phi) is 5.75. The van der Waals surface area contributed by atoms with Crippen LogP contribution in [-0.4, -0.2) is 42.6 Å². The van der Waals surface area contributed by atoms with Gasteiger partial charge >= 0.3 is 6.18 Å². The zero-order chi connectivity index (χ0) is 23.0. The number of nitrogens with one attached hydrogen (secondary N) is 1. The third kappa shape index (κ3) is 4.37. The number of amides is 2. The van der Waals surface area contributed by atoms with Crippen LogP contribution in [-0.2, 0) is 11.0 Å². The van der Waals surface area contributed by atoms with Gasteiger partial charge in [0.15, 0.2) is 11.5 Å². The Morgan fingerprint density at radius 2 is 1.81 bits per heavy atom. The van der Waals surface area contributed by atoms with Crippen molar-refractivity contribution in [3.8, 4) is 11.5 Å². The molecule has 1 fully saturated rings. The molecule has 2 aliphatic rings. The molecular formula is C23H23F3N2O4. The van der Waals surface area contributed by atoms with E-state index in [0.717, 1.165) is 12.1 Å². The van der Waals surface area contributed by atoms with Crippen LogP contribution in [0.2, 0.25) is 0 Å². The summed E-state index contributed by atoms with van der Waals surface area (Å²) < 4.78 is 50.3. The Bertz CT molecular complexity index is 1040. The molecule has 0 unspecified atom stereocenters. The second-order valence-electron chi connectivity index (χ2n) is 8.28. The van der Waals surface area contributed by atoms with Crippen molar-refractivity contribution in [3.63, 3.8) is 0 Å². The van der Waals surface area contributed by atoms with Gasteiger partial charge in [-0.15, -0.1) is 0 Å². The van der Waals surface area contributed by atoms with Gasteiger partial charge in [0.1, 0.15) is 0 Å². The van der Waals surface area contributed by atoms with Crippen LogP contribution in [0, 0.1) is 5.92 Å². The predicted molar refractivity (Wildman–Crippen MR) is 109 cm³/mol. The van der Waals surface area contributed by atoms with Crippen molar-refractivity contribution in [3.05, 3.63) is 59.2 Å². The maximum atomic E-state index is 13.3. The summed E-state index contributed by atoms with van der Waals surface area (Å²) in [6.07, 6.45) is -4.49. The molecule has 2 heterocycles. The first-order valence-electron chi connectivity index (χ1n) is 10.3. The minimum Gasteiger partial charge on any atom is -0.454 e. The van der Waals surface area contributed by atoms with E-state index in [1.54, 1.807) is 24.3 Å². The lowest BCUT2D eigenvalue weighted by Gasteiger charge is -2.20. The largest absolute Gasteiger partial charge is 0.454 e. The molecule has 9 heteroatoms. The minimum absolute atomic E-state index is 0.0752. The molecule has 0 radical (unpaired) electrons. The van der Waals surface area contributed by atoms with Crippen molar-refractivity contribution in [2.24, 2.45) is 5.92 Å². The lowest BCUT2D eigenvalue weighted by molar-refractivity contribution is -0.137. The van der Waals surface area contributed by atoms with Gasteiger partial charge in [0, 0.05) is 30.6 Å². The van der Waals surface area contributed by atoms with Gasteiger partial charge in [-0.1, -0.05) is 18.2 Å². The third-order valence-electron chi connectivity index (χ3n) is 5.64. The monoisotopic (exact) mass is 448 g/mol. The number of carbonyl (C=O) groups is 2. The van der Waals surface area contributed by atoms with Crippen molar-refractivity contribution in [2.45, 2.75) is 32.0 Å². The standard InChI is InChI=1S/C23H23F3N2O4/c1-13(2)27-21(29)18-11-28(22(30)15-6-7-19-20(9-15)32-12-31-19)10-17(18)14-4-3-5-16(8-14)23(24,25)26/h3-9,13,17-18H,10-12H2,1-2H3,(H,27,29)/t17-,18-/m0/s1. The molecule has 0 saturated carbocycles. The van der Waals surface area contributed by atoms with Gasteiger partial charge in [-0.3, -0.25) is 9.59 Å². The van der Waals surface area contributed by atoms with Crippen LogP contribution in [0.4, 0.5) is 13.2 Å². The molecule has 2 aliphatic heterocycles. The highest BCUT2D eigenvalue weighted by atomic mass is 19.4. The van der Waals surface area contributed by atoms with Gasteiger partial charge < -0.3 is 19.7 Å². The zero-order valence-corrected chi connectivity index (χ0v) is 17.6. The van der Waals surface area contributed by atoms with E-state index in [0.29, 0.717) is 22.6 Å². The van der Waals surface area contributed by atoms with E-state index in [9.17, 15) is 22.8 Å². The fourth-order valence-corrected chi connectivity index (χ4v) is 4.12. The van der Waals surface area contributed by atoms with Crippen molar-refractivity contribution in [1.29, 1.82) is 0 Å². The lowest BCUT2D eigenvalue weighted by Crippen LogP contribution is -2.39. The van der Waals surface area contributed by atoms with Gasteiger partial charge in [0.2, 0.25) is 12.7 Å². The number of likely N-dealkylation sites (tertiary alicyclic amines) is 1. The molecule has 0 aliphatic carbocycles. The Morgan fingerprint density at radius 3 is 2.53 bits per heavy atom. The van der Waals surface area contributed by atoms with Gasteiger partial charge in [-0.25, -0.2) is 0 Å². The first-order chi connectivity index (χ1) is 15.1. The molecular weight excluding hydrogens is 425 g/mol. The quantitative estimate of drug-likeness (QED) is 0.773. The molecule has 0 aromatic heterocycles. The topological polar surface area (TPSA) is 67.9 Å². The summed E-state index contributed by atoms with van der Waals surface area (Å²) in [5.41, 5.74) is -0.0368. The molecule has 6 nitrogen and oxygen atoms in total. The van der Waals surface area contributed by atoms with E-state index >= 15 is 0 Å². The highest BCUT2D eigenvalue weighted by molar-refractivity contribution is 5.96. The Hall–Kier alpha value is -3.23. The van der Waals surface area contributed by atoms with Gasteiger partial charge in [-0.2, -0.15) is 13.2 Å². The molecule has 32 heavy (non-hydrogen) atoms. The molecule has 4 rings (SSSR count). The number of carbonyl (C=O) groups excluding carboxylic acids is 2. The zero-order valence-electron chi connectivity index (χ0n) is 17.6. The van der Waals surface area contributed by atoms with Gasteiger partial charge in [0.05, 0.1) is 11.5 Å². The third-order valence-corrected chi connectivity index (χ3v) is 5.64. The minimum atomic E-state index is -4.49. The van der Waals surface area contributed by atoms with E-state index in [1.807, 2.05) is 13.8 Å². The van der Waals surface area contributed by atoms with E-state index in [2.05, 4.69) is 5.32 Å². The summed E-state index contributed by atoms with van der Waals surface area (Å²) in [6.45, 7) is 3.92. The number of ether oxygens (including phenoxy) is 2. The predicted octanol–water partition coefficient (Wildman–Crippen LogP) is 3.81. The van der Waals surface area contributed by atoms with E-state index in [4.69, 9.17) is 9.47 Å². The van der Waals surface area contributed by atoms with Crippen LogP contribution in [0.15, 0.2) is 42.5 Å². The molecule has 2 aromatic carbocycles. The Labute approximate surface area is 183 Å². The summed E-state index contributed by atoms with van der Waals surface area (Å²) in [5, 5.41) is 2.83. The normalized spacial score (nSPS) is 20.0. The van der Waals surface area contributed by atoms with Gasteiger partial charge in [0.25, 0.3) is 5.91 Å². The van der Waals surface area contributed by atoms with Crippen LogP contribution < -0.4 is 14.8 Å². The Morgan fingerprint density at radius 1 is 1.06 bits per heavy atom. The second kappa shape index (κ2) is 8.37. The highest BCUT2D eigenvalue weighted by Crippen LogP contribution is 2.38. The average Bonchev–Trinajstić information content (AvgIpc) is 3.39. The van der Waals surface area contributed by atoms with Crippen molar-refractivity contribution < 1.29 is 32.2 Å². The maximum absolute atomic E-state index is 13.3. The van der Waals surface area contributed by atoms with Crippen LogP contribution >= 0.6 is 0 Å². The van der Waals surface area contributed by atoms with Crippen molar-refractivity contribution in [1.82, 2.24) is 10.2 Å². The number of benzene rings is 2. The van der Waals surface area contributed by atoms with Crippen molar-refractivity contribution in [2.75, 3.05) is 19.9 Å². The fourth-order valence-electron chi connectivity index (χ4n) is 4.12. The molecule has 1 saturated heterocycles. The number of hydrogen-bond donors (Lipinski definition) is 1. The maximum Gasteiger partial charge on any atom is 0.416 e. The second-order valence-corrected chi connectivity index (χ2v) is 8.28. The first-order valence-corrected chi connectivity index (χ1v) is 10.3. The number of hydrogen-bond acceptors (Lipinski definition) is 4. The molecule has 0 bridgehead atoms. The lowest BCUT2D eigenvalue weighted by atomic mass is 9.87. The summed E-state index contributed by atoms with van der Waals surface area (Å²) in [7, 11) is 0. The fraction of sp³-hybridized carbons (Fsp3) is 0.391. The van der Waals surface area contributed by atoms with Crippen LogP contribution in [0.25, 0.3) is 0 Å². The highest BCUT2D eigenvalue weighted by Gasteiger charge is 2.42. The van der Waals surface area contributed by atoms with E-state index in [-0.39, 0.29) is 37.7 Å². The first kappa shape index (κ1) is 22.0. The van der Waals surface area contributed by atoms with Crippen LogP contribution in [0.3, 0.4) is 0 Å². The molecule has 170 valence electrons. The summed E-state index contributed by atoms with van der Waals surface area (Å²) in [4.78, 5) is 27.5. The number of rotatable bonds is 4. The summed E-state index contributed by atoms with van der Waals surface area (Å²) >= 11 is 0. The molecule has 2 amide bonds. The van der Waals surface area contributed by atoms with E-state index < -0.39 is 23.6 Å². The number of nitrogens with zero attached hydrogens (tertiary/aromatic N) is 1. The molecule has 2 atom stereocenters. The SMILES string of the molecule is CC(C)NC(=O)[C@H]1CN(C(=O)c2ccc3c(c2)OCO3)C[C@H]1c1cccc(C(F)(F)F)c1. The number of halogens is 3. The van der Waals surface area contributed by atoms with Crippen LogP contribution in [0.1, 0.15) is 41.3 Å². The molecule has 0 spiro atoms. The molecule has 2 aromatic rings. The van der Waals surface area contributed by atoms with Gasteiger partial charge in [-0.05, 0) is 43.7 Å². The summed E-state index contributed by atoms with van der Waals surface area (Å²) in [6, 6.07) is 9.65. The summed E-state index contributed by atoms with van der Waals surface area (Å²) in [5.74, 6) is -0.839. The number of alkyl halides is 3. The van der Waals surface area contributed by atoms with Crippen LogP contribution in [0.5, 0.6) is 11.5 Å². The average molecular weight is 448 g/mol. The smallest absolute Gasteiger partial charge is 0.416 e. The number of fused-ring (bicyclic) bond motifs is 1. The Balaban J connectivity index is 1.63. The van der Waals surface area contributed by atoms with E-state index in [1.165, 1.54) is 11.0 Å². The molecule has 1 N–H and O–H groups in total.